The zero-order chi connectivity index (χ0) is 21.5. The van der Waals surface area contributed by atoms with Crippen LogP contribution in [0.5, 0.6) is 0 Å². The highest BCUT2D eigenvalue weighted by Crippen LogP contribution is 2.22. The van der Waals surface area contributed by atoms with E-state index in [0.29, 0.717) is 15.7 Å². The molecule has 2 aromatic carbocycles. The average Bonchev–Trinajstić information content (AvgIpc) is 3.18. The minimum absolute atomic E-state index is 0.0159. The zero-order valence-corrected chi connectivity index (χ0v) is 17.6. The molecule has 1 N–H and O–H groups in total. The molecule has 0 aliphatic rings. The van der Waals surface area contributed by atoms with Crippen LogP contribution >= 0.6 is 15.9 Å². The van der Waals surface area contributed by atoms with Crippen LogP contribution in [0.2, 0.25) is 0 Å². The van der Waals surface area contributed by atoms with Crippen molar-refractivity contribution >= 4 is 39.6 Å². The number of esters is 1. The molecule has 3 aromatic rings. The van der Waals surface area contributed by atoms with Crippen LogP contribution in [0.1, 0.15) is 23.0 Å². The Balaban J connectivity index is 1.99. The number of halogens is 1. The third kappa shape index (κ3) is 4.82. The van der Waals surface area contributed by atoms with Gasteiger partial charge in [-0.15, -0.1) is 0 Å². The SMILES string of the molecule is CCOC(=O)c1nn(-c2ccccc2)cc1/C=C(/C#N)C(=O)Nc1ccccc1Br. The summed E-state index contributed by atoms with van der Waals surface area (Å²) >= 11 is 3.35. The Labute approximate surface area is 181 Å². The Morgan fingerprint density at radius 2 is 1.90 bits per heavy atom. The van der Waals surface area contributed by atoms with Gasteiger partial charge in [-0.05, 0) is 53.2 Å². The molecule has 0 atom stereocenters. The number of nitriles is 1. The molecule has 0 spiro atoms. The number of hydrogen-bond acceptors (Lipinski definition) is 5. The molecule has 150 valence electrons. The smallest absolute Gasteiger partial charge is 0.359 e. The van der Waals surface area contributed by atoms with Crippen LogP contribution in [0.25, 0.3) is 11.8 Å². The predicted molar refractivity (Wildman–Crippen MR) is 116 cm³/mol. The molecule has 0 unspecified atom stereocenters. The van der Waals surface area contributed by atoms with Crippen LogP contribution in [-0.2, 0) is 9.53 Å². The summed E-state index contributed by atoms with van der Waals surface area (Å²) < 4.78 is 7.25. The summed E-state index contributed by atoms with van der Waals surface area (Å²) in [6.07, 6.45) is 2.90. The van der Waals surface area contributed by atoms with Crippen molar-refractivity contribution in [1.29, 1.82) is 5.26 Å². The fourth-order valence-corrected chi connectivity index (χ4v) is 3.00. The topological polar surface area (TPSA) is 97.0 Å². The van der Waals surface area contributed by atoms with Gasteiger partial charge >= 0.3 is 5.97 Å². The molecular formula is C22H17BrN4O3. The monoisotopic (exact) mass is 464 g/mol. The largest absolute Gasteiger partial charge is 0.461 e. The molecular weight excluding hydrogens is 448 g/mol. The standard InChI is InChI=1S/C22H17BrN4O3/c1-2-30-22(29)20-16(14-27(26-20)17-8-4-3-5-9-17)12-15(13-24)21(28)25-19-11-7-6-10-18(19)23/h3-12,14H,2H2,1H3,(H,25,28)/b15-12-. The number of anilines is 1. The van der Waals surface area contributed by atoms with Crippen molar-refractivity contribution in [1.82, 2.24) is 9.78 Å². The number of nitrogens with zero attached hydrogens (tertiary/aromatic N) is 3. The third-order valence-corrected chi connectivity index (χ3v) is 4.71. The Kier molecular flexibility index (Phi) is 6.78. The van der Waals surface area contributed by atoms with Gasteiger partial charge in [-0.1, -0.05) is 30.3 Å². The highest BCUT2D eigenvalue weighted by atomic mass is 79.9. The predicted octanol–water partition coefficient (Wildman–Crippen LogP) is 4.36. The molecule has 7 nitrogen and oxygen atoms in total. The number of carbonyl (C=O) groups excluding carboxylic acids is 2. The maximum absolute atomic E-state index is 12.6. The number of ether oxygens (including phenoxy) is 1. The molecule has 0 bridgehead atoms. The minimum Gasteiger partial charge on any atom is -0.461 e. The van der Waals surface area contributed by atoms with Crippen molar-refractivity contribution in [3.05, 3.63) is 82.1 Å². The van der Waals surface area contributed by atoms with E-state index in [1.165, 1.54) is 10.8 Å². The molecule has 8 heteroatoms. The van der Waals surface area contributed by atoms with E-state index in [-0.39, 0.29) is 17.9 Å². The molecule has 3 rings (SSSR count). The number of benzene rings is 2. The van der Waals surface area contributed by atoms with E-state index >= 15 is 0 Å². The normalized spacial score (nSPS) is 10.9. The highest BCUT2D eigenvalue weighted by Gasteiger charge is 2.20. The number of para-hydroxylation sites is 2. The summed E-state index contributed by atoms with van der Waals surface area (Å²) in [7, 11) is 0. The minimum atomic E-state index is -0.637. The van der Waals surface area contributed by atoms with Crippen molar-refractivity contribution < 1.29 is 14.3 Å². The average molecular weight is 465 g/mol. The van der Waals surface area contributed by atoms with Crippen molar-refractivity contribution in [2.75, 3.05) is 11.9 Å². The van der Waals surface area contributed by atoms with E-state index in [9.17, 15) is 14.9 Å². The van der Waals surface area contributed by atoms with Crippen LogP contribution in [0.15, 0.2) is 70.8 Å². The number of hydrogen-bond donors (Lipinski definition) is 1. The quantitative estimate of drug-likeness (QED) is 0.332. The van der Waals surface area contributed by atoms with Gasteiger partial charge in [0.1, 0.15) is 11.6 Å². The molecule has 1 amide bonds. The van der Waals surface area contributed by atoms with E-state index < -0.39 is 11.9 Å². The van der Waals surface area contributed by atoms with Gasteiger partial charge in [0.05, 0.1) is 18.0 Å². The molecule has 0 fully saturated rings. The summed E-state index contributed by atoms with van der Waals surface area (Å²) in [6, 6.07) is 18.1. The van der Waals surface area contributed by atoms with Crippen LogP contribution in [0.4, 0.5) is 5.69 Å². The van der Waals surface area contributed by atoms with Gasteiger partial charge in [0.15, 0.2) is 5.69 Å². The Morgan fingerprint density at radius 1 is 1.20 bits per heavy atom. The lowest BCUT2D eigenvalue weighted by Crippen LogP contribution is -2.14. The molecule has 0 radical (unpaired) electrons. The van der Waals surface area contributed by atoms with Gasteiger partial charge < -0.3 is 10.1 Å². The zero-order valence-electron chi connectivity index (χ0n) is 16.0. The van der Waals surface area contributed by atoms with Crippen molar-refractivity contribution in [2.45, 2.75) is 6.92 Å². The first-order valence-electron chi connectivity index (χ1n) is 9.03. The second kappa shape index (κ2) is 9.67. The third-order valence-electron chi connectivity index (χ3n) is 4.02. The van der Waals surface area contributed by atoms with E-state index in [0.717, 1.165) is 5.69 Å². The Hall–Kier alpha value is -3.70. The lowest BCUT2D eigenvalue weighted by Gasteiger charge is -2.06. The van der Waals surface area contributed by atoms with Gasteiger partial charge in [-0.2, -0.15) is 10.4 Å². The number of aromatic nitrogens is 2. The second-order valence-electron chi connectivity index (χ2n) is 6.04. The Morgan fingerprint density at radius 3 is 2.57 bits per heavy atom. The van der Waals surface area contributed by atoms with E-state index in [1.54, 1.807) is 31.3 Å². The van der Waals surface area contributed by atoms with E-state index in [2.05, 4.69) is 26.3 Å². The summed E-state index contributed by atoms with van der Waals surface area (Å²) in [5.74, 6) is -1.24. The number of amides is 1. The summed E-state index contributed by atoms with van der Waals surface area (Å²) in [5, 5.41) is 16.5. The fourth-order valence-electron chi connectivity index (χ4n) is 2.62. The highest BCUT2D eigenvalue weighted by molar-refractivity contribution is 9.10. The van der Waals surface area contributed by atoms with Crippen molar-refractivity contribution in [3.63, 3.8) is 0 Å². The molecule has 1 aromatic heterocycles. The molecule has 30 heavy (non-hydrogen) atoms. The van der Waals surface area contributed by atoms with Crippen molar-refractivity contribution in [2.24, 2.45) is 0 Å². The summed E-state index contributed by atoms with van der Waals surface area (Å²) in [5.41, 5.74) is 1.38. The number of carbonyl (C=O) groups is 2. The van der Waals surface area contributed by atoms with Crippen molar-refractivity contribution in [3.8, 4) is 11.8 Å². The molecule has 0 saturated heterocycles. The number of nitrogens with one attached hydrogen (secondary N) is 1. The van der Waals surface area contributed by atoms with Crippen LogP contribution in [-0.4, -0.2) is 28.3 Å². The second-order valence-corrected chi connectivity index (χ2v) is 6.89. The van der Waals surface area contributed by atoms with Gasteiger partial charge in [-0.25, -0.2) is 9.48 Å². The maximum atomic E-state index is 12.6. The number of rotatable bonds is 6. The lowest BCUT2D eigenvalue weighted by molar-refractivity contribution is -0.112. The molecule has 0 saturated carbocycles. The van der Waals surface area contributed by atoms with Gasteiger partial charge in [0.2, 0.25) is 0 Å². The first kappa shape index (κ1) is 21.0. The van der Waals surface area contributed by atoms with Gasteiger partial charge in [0.25, 0.3) is 5.91 Å². The molecule has 0 aliphatic heterocycles. The van der Waals surface area contributed by atoms with Crippen LogP contribution in [0, 0.1) is 11.3 Å². The van der Waals surface area contributed by atoms with E-state index in [1.807, 2.05) is 42.5 Å². The van der Waals surface area contributed by atoms with Crippen LogP contribution < -0.4 is 5.32 Å². The fraction of sp³-hybridized carbons (Fsp3) is 0.0909. The lowest BCUT2D eigenvalue weighted by atomic mass is 10.1. The summed E-state index contributed by atoms with van der Waals surface area (Å²) in [6.45, 7) is 1.86. The van der Waals surface area contributed by atoms with Gasteiger partial charge in [0, 0.05) is 16.2 Å². The first-order valence-corrected chi connectivity index (χ1v) is 9.82. The maximum Gasteiger partial charge on any atom is 0.359 e. The Bertz CT molecular complexity index is 1150. The first-order chi connectivity index (χ1) is 14.5. The van der Waals surface area contributed by atoms with E-state index in [4.69, 9.17) is 4.74 Å². The van der Waals surface area contributed by atoms with Gasteiger partial charge in [-0.3, -0.25) is 4.79 Å². The molecule has 1 heterocycles. The molecule has 0 aliphatic carbocycles. The summed E-state index contributed by atoms with van der Waals surface area (Å²) in [4.78, 5) is 25.0. The van der Waals surface area contributed by atoms with Crippen LogP contribution in [0.3, 0.4) is 0 Å².